The first kappa shape index (κ1) is 9.21. The zero-order valence-corrected chi connectivity index (χ0v) is 7.92. The molecule has 1 aliphatic rings. The van der Waals surface area contributed by atoms with E-state index >= 15 is 0 Å². The Morgan fingerprint density at radius 3 is 3.14 bits per heavy atom. The number of nitrogens with one attached hydrogen (secondary N) is 3. The number of H-pyrrole nitrogens is 1. The third-order valence-electron chi connectivity index (χ3n) is 2.20. The third-order valence-corrected chi connectivity index (χ3v) is 2.20. The minimum atomic E-state index is -0.0212. The van der Waals surface area contributed by atoms with Crippen LogP contribution in [0.5, 0.6) is 0 Å². The zero-order valence-electron chi connectivity index (χ0n) is 7.92. The fourth-order valence-corrected chi connectivity index (χ4v) is 1.24. The Balaban J connectivity index is 1.62. The second kappa shape index (κ2) is 4.23. The molecule has 76 valence electrons. The van der Waals surface area contributed by atoms with Crippen molar-refractivity contribution in [1.82, 2.24) is 15.5 Å². The van der Waals surface area contributed by atoms with E-state index in [4.69, 9.17) is 0 Å². The van der Waals surface area contributed by atoms with E-state index in [0.717, 1.165) is 12.5 Å². The molecule has 0 aromatic carbocycles. The van der Waals surface area contributed by atoms with E-state index in [2.05, 4.69) is 20.8 Å². The van der Waals surface area contributed by atoms with Crippen molar-refractivity contribution in [2.45, 2.75) is 12.8 Å². The van der Waals surface area contributed by atoms with Gasteiger partial charge in [-0.25, -0.2) is 0 Å². The van der Waals surface area contributed by atoms with Crippen molar-refractivity contribution in [3.05, 3.63) is 12.4 Å². The van der Waals surface area contributed by atoms with Crippen LogP contribution in [-0.4, -0.2) is 29.2 Å². The summed E-state index contributed by atoms with van der Waals surface area (Å²) in [7, 11) is 0. The average molecular weight is 194 g/mol. The van der Waals surface area contributed by atoms with E-state index < -0.39 is 0 Å². The van der Waals surface area contributed by atoms with Crippen LogP contribution in [0.25, 0.3) is 0 Å². The summed E-state index contributed by atoms with van der Waals surface area (Å²) >= 11 is 0. The largest absolute Gasteiger partial charge is 0.322 e. The predicted molar refractivity (Wildman–Crippen MR) is 52.8 cm³/mol. The lowest BCUT2D eigenvalue weighted by Gasteiger charge is -2.03. The quantitative estimate of drug-likeness (QED) is 0.633. The molecule has 1 aromatic heterocycles. The topological polar surface area (TPSA) is 69.8 Å². The van der Waals surface area contributed by atoms with Crippen LogP contribution < -0.4 is 10.6 Å². The smallest absolute Gasteiger partial charge is 0.238 e. The Hall–Kier alpha value is -1.36. The normalized spacial score (nSPS) is 15.4. The molecule has 1 heterocycles. The standard InChI is InChI=1S/C9H14N4O/c14-9(6-10-3-7-1-2-7)13-8-4-11-12-5-8/h4-5,7,10H,1-3,6H2,(H,11,12)(H,13,14). The number of amides is 1. The van der Waals surface area contributed by atoms with Crippen LogP contribution in [0, 0.1) is 5.92 Å². The highest BCUT2D eigenvalue weighted by molar-refractivity contribution is 5.91. The molecule has 0 radical (unpaired) electrons. The fraction of sp³-hybridized carbons (Fsp3) is 0.556. The number of hydrogen-bond acceptors (Lipinski definition) is 3. The molecule has 1 aliphatic carbocycles. The van der Waals surface area contributed by atoms with Gasteiger partial charge in [-0.05, 0) is 25.3 Å². The summed E-state index contributed by atoms with van der Waals surface area (Å²) in [5.74, 6) is 0.781. The van der Waals surface area contributed by atoms with Gasteiger partial charge < -0.3 is 10.6 Å². The van der Waals surface area contributed by atoms with E-state index in [-0.39, 0.29) is 5.91 Å². The Kier molecular flexibility index (Phi) is 2.78. The maximum atomic E-state index is 11.3. The van der Waals surface area contributed by atoms with E-state index in [1.165, 1.54) is 12.8 Å². The van der Waals surface area contributed by atoms with Crippen LogP contribution in [0.15, 0.2) is 12.4 Å². The summed E-state index contributed by atoms with van der Waals surface area (Å²) in [6.45, 7) is 1.33. The second-order valence-electron chi connectivity index (χ2n) is 3.61. The molecule has 0 saturated heterocycles. The number of nitrogens with zero attached hydrogens (tertiary/aromatic N) is 1. The van der Waals surface area contributed by atoms with Gasteiger partial charge in [0.2, 0.25) is 5.91 Å². The molecule has 1 amide bonds. The van der Waals surface area contributed by atoms with Crippen molar-refractivity contribution in [3.8, 4) is 0 Å². The Labute approximate surface area is 82.3 Å². The van der Waals surface area contributed by atoms with E-state index in [1.54, 1.807) is 12.4 Å². The number of hydrogen-bond donors (Lipinski definition) is 3. The number of anilines is 1. The number of rotatable bonds is 5. The fourth-order valence-electron chi connectivity index (χ4n) is 1.24. The van der Waals surface area contributed by atoms with Crippen LogP contribution in [0.3, 0.4) is 0 Å². The highest BCUT2D eigenvalue weighted by Gasteiger charge is 2.20. The molecule has 2 rings (SSSR count). The predicted octanol–water partition coefficient (Wildman–Crippen LogP) is 0.348. The maximum Gasteiger partial charge on any atom is 0.238 e. The van der Waals surface area contributed by atoms with E-state index in [9.17, 15) is 4.79 Å². The van der Waals surface area contributed by atoms with Crippen LogP contribution in [0.1, 0.15) is 12.8 Å². The van der Waals surface area contributed by atoms with Crippen molar-refractivity contribution in [2.24, 2.45) is 5.92 Å². The lowest BCUT2D eigenvalue weighted by atomic mass is 10.4. The van der Waals surface area contributed by atoms with Gasteiger partial charge in [-0.2, -0.15) is 5.10 Å². The Bertz CT molecular complexity index is 292. The van der Waals surface area contributed by atoms with Gasteiger partial charge in [0.15, 0.2) is 0 Å². The van der Waals surface area contributed by atoms with Gasteiger partial charge in [0, 0.05) is 6.20 Å². The lowest BCUT2D eigenvalue weighted by Crippen LogP contribution is -2.29. The van der Waals surface area contributed by atoms with Crippen LogP contribution in [0.4, 0.5) is 5.69 Å². The average Bonchev–Trinajstić information content (AvgIpc) is 2.83. The zero-order chi connectivity index (χ0) is 9.80. The SMILES string of the molecule is O=C(CNCC1CC1)Nc1cn[nH]c1. The summed E-state index contributed by atoms with van der Waals surface area (Å²) in [5, 5.41) is 12.2. The Morgan fingerprint density at radius 2 is 2.50 bits per heavy atom. The van der Waals surface area contributed by atoms with Gasteiger partial charge in [-0.15, -0.1) is 0 Å². The lowest BCUT2D eigenvalue weighted by molar-refractivity contribution is -0.115. The van der Waals surface area contributed by atoms with Crippen LogP contribution in [-0.2, 0) is 4.79 Å². The van der Waals surface area contributed by atoms with Gasteiger partial charge in [-0.3, -0.25) is 9.89 Å². The number of aromatic amines is 1. The highest BCUT2D eigenvalue weighted by Crippen LogP contribution is 2.27. The summed E-state index contributed by atoms with van der Waals surface area (Å²) in [6, 6.07) is 0. The molecule has 0 spiro atoms. The second-order valence-corrected chi connectivity index (χ2v) is 3.61. The van der Waals surface area contributed by atoms with Crippen molar-refractivity contribution < 1.29 is 4.79 Å². The molecular weight excluding hydrogens is 180 g/mol. The van der Waals surface area contributed by atoms with E-state index in [0.29, 0.717) is 12.2 Å². The van der Waals surface area contributed by atoms with Gasteiger partial charge in [0.25, 0.3) is 0 Å². The first-order valence-corrected chi connectivity index (χ1v) is 4.84. The number of aromatic nitrogens is 2. The first-order chi connectivity index (χ1) is 6.84. The molecule has 0 unspecified atom stereocenters. The minimum Gasteiger partial charge on any atom is -0.322 e. The molecule has 0 aliphatic heterocycles. The molecule has 5 nitrogen and oxygen atoms in total. The van der Waals surface area contributed by atoms with E-state index in [1.807, 2.05) is 0 Å². The number of carbonyl (C=O) groups excluding carboxylic acids is 1. The number of carbonyl (C=O) groups is 1. The highest BCUT2D eigenvalue weighted by atomic mass is 16.1. The molecular formula is C9H14N4O. The van der Waals surface area contributed by atoms with Crippen molar-refractivity contribution >= 4 is 11.6 Å². The molecule has 0 bridgehead atoms. The van der Waals surface area contributed by atoms with Gasteiger partial charge in [0.05, 0.1) is 18.4 Å². The van der Waals surface area contributed by atoms with Crippen LogP contribution in [0.2, 0.25) is 0 Å². The van der Waals surface area contributed by atoms with Gasteiger partial charge in [-0.1, -0.05) is 0 Å². The summed E-state index contributed by atoms with van der Waals surface area (Å²) in [4.78, 5) is 11.3. The van der Waals surface area contributed by atoms with Crippen LogP contribution >= 0.6 is 0 Å². The summed E-state index contributed by atoms with van der Waals surface area (Å²) in [6.07, 6.45) is 5.84. The molecule has 0 atom stereocenters. The van der Waals surface area contributed by atoms with Crippen molar-refractivity contribution in [3.63, 3.8) is 0 Å². The molecule has 1 fully saturated rings. The minimum absolute atomic E-state index is 0.0212. The molecule has 14 heavy (non-hydrogen) atoms. The van der Waals surface area contributed by atoms with Gasteiger partial charge >= 0.3 is 0 Å². The third kappa shape index (κ3) is 2.85. The van der Waals surface area contributed by atoms with Crippen molar-refractivity contribution in [1.29, 1.82) is 0 Å². The first-order valence-electron chi connectivity index (χ1n) is 4.84. The monoisotopic (exact) mass is 194 g/mol. The molecule has 3 N–H and O–H groups in total. The van der Waals surface area contributed by atoms with Crippen molar-refractivity contribution in [2.75, 3.05) is 18.4 Å². The maximum absolute atomic E-state index is 11.3. The van der Waals surface area contributed by atoms with Gasteiger partial charge in [0.1, 0.15) is 0 Å². The molecule has 5 heteroatoms. The molecule has 1 saturated carbocycles. The summed E-state index contributed by atoms with van der Waals surface area (Å²) in [5.41, 5.74) is 0.711. The summed E-state index contributed by atoms with van der Waals surface area (Å²) < 4.78 is 0. The molecule has 1 aromatic rings. The Morgan fingerprint density at radius 1 is 1.64 bits per heavy atom.